The van der Waals surface area contributed by atoms with Crippen molar-refractivity contribution in [3.05, 3.63) is 17.7 Å². The fourth-order valence-electron chi connectivity index (χ4n) is 4.05. The summed E-state index contributed by atoms with van der Waals surface area (Å²) in [5, 5.41) is 3.01. The van der Waals surface area contributed by atoms with Crippen LogP contribution < -0.4 is 19.5 Å². The topological polar surface area (TPSA) is 69.3 Å². The van der Waals surface area contributed by atoms with E-state index >= 15 is 0 Å². The van der Waals surface area contributed by atoms with Gasteiger partial charge in [-0.15, -0.1) is 0 Å². The molecule has 1 heterocycles. The van der Waals surface area contributed by atoms with Gasteiger partial charge in [0.1, 0.15) is 0 Å². The van der Waals surface area contributed by atoms with E-state index in [1.54, 1.807) is 21.3 Å². The van der Waals surface area contributed by atoms with E-state index < -0.39 is 0 Å². The maximum Gasteiger partial charge on any atom is 0.234 e. The van der Waals surface area contributed by atoms with E-state index in [9.17, 15) is 4.79 Å². The number of hydrogen-bond donors (Lipinski definition) is 1. The summed E-state index contributed by atoms with van der Waals surface area (Å²) in [5.74, 6) is 1.74. The second-order valence-electron chi connectivity index (χ2n) is 7.04. The Kier molecular flexibility index (Phi) is 6.79. The van der Waals surface area contributed by atoms with Crippen LogP contribution in [0.2, 0.25) is 0 Å². The van der Waals surface area contributed by atoms with E-state index in [2.05, 4.69) is 10.2 Å². The number of ether oxygens (including phenoxy) is 4. The maximum atomic E-state index is 12.5. The standard InChI is InChI=1S/C20H30N2O5/c1-24-17-10-14(11-18(25-2)20(17)26-3)12-21-19(23)13-22-8-9-27-16-7-5-4-6-15(16)22/h10-11,15-16H,4-9,12-13H2,1-3H3,(H,21,23). The van der Waals surface area contributed by atoms with E-state index in [1.807, 2.05) is 12.1 Å². The van der Waals surface area contributed by atoms with Gasteiger partial charge in [0.05, 0.1) is 40.6 Å². The molecule has 0 radical (unpaired) electrons. The highest BCUT2D eigenvalue weighted by molar-refractivity contribution is 5.78. The lowest BCUT2D eigenvalue weighted by molar-refractivity contribution is -0.129. The Morgan fingerprint density at radius 1 is 1.15 bits per heavy atom. The van der Waals surface area contributed by atoms with Crippen molar-refractivity contribution < 1.29 is 23.7 Å². The average molecular weight is 378 g/mol. The molecule has 1 saturated carbocycles. The number of methoxy groups -OCH3 is 3. The van der Waals surface area contributed by atoms with Gasteiger partial charge in [0.2, 0.25) is 11.7 Å². The number of fused-ring (bicyclic) bond motifs is 1. The minimum atomic E-state index is 0.0231. The molecule has 7 nitrogen and oxygen atoms in total. The third-order valence-corrected chi connectivity index (χ3v) is 5.41. The van der Waals surface area contributed by atoms with Crippen LogP contribution >= 0.6 is 0 Å². The highest BCUT2D eigenvalue weighted by Gasteiger charge is 2.34. The molecule has 27 heavy (non-hydrogen) atoms. The number of rotatable bonds is 7. The Hall–Kier alpha value is -1.99. The molecule has 3 rings (SSSR count). The van der Waals surface area contributed by atoms with Crippen LogP contribution in [0.5, 0.6) is 17.2 Å². The summed E-state index contributed by atoms with van der Waals surface area (Å²) in [6.07, 6.45) is 4.95. The highest BCUT2D eigenvalue weighted by atomic mass is 16.5. The van der Waals surface area contributed by atoms with Crippen LogP contribution in [0.25, 0.3) is 0 Å². The van der Waals surface area contributed by atoms with Gasteiger partial charge < -0.3 is 24.3 Å². The molecule has 0 bridgehead atoms. The van der Waals surface area contributed by atoms with Crippen molar-refractivity contribution >= 4 is 5.91 Å². The Morgan fingerprint density at radius 2 is 1.85 bits per heavy atom. The van der Waals surface area contributed by atoms with Gasteiger partial charge in [-0.05, 0) is 30.5 Å². The van der Waals surface area contributed by atoms with Crippen molar-refractivity contribution in [2.75, 3.05) is 41.0 Å². The molecular formula is C20H30N2O5. The van der Waals surface area contributed by atoms with E-state index in [1.165, 1.54) is 12.8 Å². The smallest absolute Gasteiger partial charge is 0.234 e. The number of nitrogens with zero attached hydrogens (tertiary/aromatic N) is 1. The molecule has 0 spiro atoms. The molecule has 1 saturated heterocycles. The average Bonchev–Trinajstić information content (AvgIpc) is 2.71. The number of amides is 1. The van der Waals surface area contributed by atoms with Crippen molar-refractivity contribution in [1.82, 2.24) is 10.2 Å². The molecule has 1 aliphatic carbocycles. The summed E-state index contributed by atoms with van der Waals surface area (Å²) >= 11 is 0. The zero-order valence-electron chi connectivity index (χ0n) is 16.5. The number of nitrogens with one attached hydrogen (secondary N) is 1. The highest BCUT2D eigenvalue weighted by Crippen LogP contribution is 2.38. The molecule has 1 amide bonds. The molecule has 2 unspecified atom stereocenters. The van der Waals surface area contributed by atoms with Crippen LogP contribution in [0.1, 0.15) is 31.2 Å². The minimum absolute atomic E-state index is 0.0231. The van der Waals surface area contributed by atoms with Gasteiger partial charge in [-0.2, -0.15) is 0 Å². The van der Waals surface area contributed by atoms with Crippen LogP contribution in [0, 0.1) is 0 Å². The molecule has 2 aliphatic rings. The first-order chi connectivity index (χ1) is 13.2. The van der Waals surface area contributed by atoms with Gasteiger partial charge >= 0.3 is 0 Å². The van der Waals surface area contributed by atoms with E-state index in [0.717, 1.165) is 24.9 Å². The van der Waals surface area contributed by atoms with Crippen molar-refractivity contribution in [2.45, 2.75) is 44.4 Å². The maximum absolute atomic E-state index is 12.5. The monoisotopic (exact) mass is 378 g/mol. The number of morpholine rings is 1. The number of hydrogen-bond acceptors (Lipinski definition) is 6. The number of benzene rings is 1. The van der Waals surface area contributed by atoms with Gasteiger partial charge in [-0.25, -0.2) is 0 Å². The Morgan fingerprint density at radius 3 is 2.52 bits per heavy atom. The summed E-state index contributed by atoms with van der Waals surface area (Å²) in [6.45, 7) is 2.35. The lowest BCUT2D eigenvalue weighted by Gasteiger charge is -2.43. The summed E-state index contributed by atoms with van der Waals surface area (Å²) in [7, 11) is 4.74. The Labute approximate surface area is 160 Å². The summed E-state index contributed by atoms with van der Waals surface area (Å²) < 4.78 is 22.0. The van der Waals surface area contributed by atoms with E-state index in [4.69, 9.17) is 18.9 Å². The van der Waals surface area contributed by atoms with Gasteiger partial charge in [0.25, 0.3) is 0 Å². The van der Waals surface area contributed by atoms with Crippen molar-refractivity contribution in [3.8, 4) is 17.2 Å². The van der Waals surface area contributed by atoms with Crippen LogP contribution in [-0.4, -0.2) is 64.0 Å². The molecule has 150 valence electrons. The first-order valence-electron chi connectivity index (χ1n) is 9.57. The number of carbonyl (C=O) groups excluding carboxylic acids is 1. The Bertz CT molecular complexity index is 624. The van der Waals surface area contributed by atoms with Crippen molar-refractivity contribution in [1.29, 1.82) is 0 Å². The first-order valence-corrected chi connectivity index (χ1v) is 9.57. The van der Waals surface area contributed by atoms with E-state index in [-0.39, 0.29) is 12.0 Å². The van der Waals surface area contributed by atoms with Gasteiger partial charge in [-0.1, -0.05) is 12.8 Å². The number of carbonyl (C=O) groups is 1. The van der Waals surface area contributed by atoms with Gasteiger partial charge in [0, 0.05) is 19.1 Å². The molecule has 2 atom stereocenters. The van der Waals surface area contributed by atoms with E-state index in [0.29, 0.717) is 43.0 Å². The molecule has 2 fully saturated rings. The van der Waals surface area contributed by atoms with Crippen molar-refractivity contribution in [2.24, 2.45) is 0 Å². The predicted octanol–water partition coefficient (Wildman–Crippen LogP) is 1.97. The molecule has 1 aromatic carbocycles. The van der Waals surface area contributed by atoms with Crippen LogP contribution in [0.15, 0.2) is 12.1 Å². The quantitative estimate of drug-likeness (QED) is 0.782. The molecular weight excluding hydrogens is 348 g/mol. The predicted molar refractivity (Wildman–Crippen MR) is 102 cm³/mol. The van der Waals surface area contributed by atoms with Gasteiger partial charge in [-0.3, -0.25) is 9.69 Å². The molecule has 7 heteroatoms. The molecule has 0 aromatic heterocycles. The zero-order valence-corrected chi connectivity index (χ0v) is 16.5. The third-order valence-electron chi connectivity index (χ3n) is 5.41. The summed E-state index contributed by atoms with van der Waals surface area (Å²) in [4.78, 5) is 14.8. The van der Waals surface area contributed by atoms with Crippen molar-refractivity contribution in [3.63, 3.8) is 0 Å². The van der Waals surface area contributed by atoms with Crippen LogP contribution in [-0.2, 0) is 16.1 Å². The second-order valence-corrected chi connectivity index (χ2v) is 7.04. The second kappa shape index (κ2) is 9.28. The fourth-order valence-corrected chi connectivity index (χ4v) is 4.05. The zero-order chi connectivity index (χ0) is 19.2. The third kappa shape index (κ3) is 4.65. The molecule has 1 aliphatic heterocycles. The molecule has 1 N–H and O–H groups in total. The summed E-state index contributed by atoms with van der Waals surface area (Å²) in [5.41, 5.74) is 0.898. The van der Waals surface area contributed by atoms with Gasteiger partial charge in [0.15, 0.2) is 11.5 Å². The SMILES string of the molecule is COc1cc(CNC(=O)CN2CCOC3CCCCC32)cc(OC)c1OC. The Balaban J connectivity index is 1.59. The minimum Gasteiger partial charge on any atom is -0.493 e. The molecule has 1 aromatic rings. The van der Waals surface area contributed by atoms with Crippen LogP contribution in [0.4, 0.5) is 0 Å². The fraction of sp³-hybridized carbons (Fsp3) is 0.650. The summed E-state index contributed by atoms with van der Waals surface area (Å²) in [6, 6.07) is 4.08. The normalized spacial score (nSPS) is 22.6. The first kappa shape index (κ1) is 19.8. The lowest BCUT2D eigenvalue weighted by Crippen LogP contribution is -2.55. The lowest BCUT2D eigenvalue weighted by atomic mass is 9.90. The largest absolute Gasteiger partial charge is 0.493 e. The van der Waals surface area contributed by atoms with Crippen LogP contribution in [0.3, 0.4) is 0 Å².